The zero-order chi connectivity index (χ0) is 17.3. The topological polar surface area (TPSA) is 59.8 Å². The number of para-hydroxylation sites is 1. The summed E-state index contributed by atoms with van der Waals surface area (Å²) in [5.74, 6) is -0.904. The van der Waals surface area contributed by atoms with Crippen molar-refractivity contribution < 1.29 is 18.0 Å². The van der Waals surface area contributed by atoms with Gasteiger partial charge in [-0.25, -0.2) is 9.67 Å². The molecular formula is C15H11F3N4OS. The molecule has 1 N–H and O–H groups in total. The summed E-state index contributed by atoms with van der Waals surface area (Å²) in [5, 5.41) is 8.03. The van der Waals surface area contributed by atoms with Gasteiger partial charge in [0.15, 0.2) is 10.8 Å². The minimum absolute atomic E-state index is 0.217. The minimum Gasteiger partial charge on any atom is -0.298 e. The Morgan fingerprint density at radius 3 is 2.54 bits per heavy atom. The molecule has 1 aromatic carbocycles. The lowest BCUT2D eigenvalue weighted by Crippen LogP contribution is -2.20. The molecule has 2 aromatic heterocycles. The Balaban J connectivity index is 2.02. The van der Waals surface area contributed by atoms with Gasteiger partial charge >= 0.3 is 6.18 Å². The lowest BCUT2D eigenvalue weighted by molar-refractivity contribution is -0.143. The minimum atomic E-state index is -4.74. The molecule has 0 saturated carbocycles. The second kappa shape index (κ2) is 6.08. The van der Waals surface area contributed by atoms with Crippen LogP contribution in [0.2, 0.25) is 0 Å². The molecule has 1 amide bonds. The van der Waals surface area contributed by atoms with Crippen LogP contribution in [-0.2, 0) is 6.18 Å². The first-order chi connectivity index (χ1) is 11.4. The summed E-state index contributed by atoms with van der Waals surface area (Å²) in [7, 11) is 0. The van der Waals surface area contributed by atoms with Gasteiger partial charge in [-0.1, -0.05) is 18.2 Å². The number of halogens is 3. The molecule has 124 valence electrons. The van der Waals surface area contributed by atoms with Crippen molar-refractivity contribution in [2.45, 2.75) is 13.1 Å². The van der Waals surface area contributed by atoms with Crippen LogP contribution in [0.1, 0.15) is 21.7 Å². The number of anilines is 1. The zero-order valence-electron chi connectivity index (χ0n) is 12.3. The Morgan fingerprint density at radius 2 is 1.96 bits per heavy atom. The fourth-order valence-electron chi connectivity index (χ4n) is 2.13. The van der Waals surface area contributed by atoms with E-state index in [1.54, 1.807) is 30.5 Å². The van der Waals surface area contributed by atoms with Crippen molar-refractivity contribution in [2.24, 2.45) is 0 Å². The van der Waals surface area contributed by atoms with Crippen LogP contribution >= 0.6 is 11.3 Å². The van der Waals surface area contributed by atoms with Gasteiger partial charge in [-0.2, -0.15) is 18.3 Å². The van der Waals surface area contributed by atoms with E-state index in [9.17, 15) is 18.0 Å². The molecule has 0 radical (unpaired) electrons. The third-order valence-corrected chi connectivity index (χ3v) is 4.00. The van der Waals surface area contributed by atoms with Gasteiger partial charge in [-0.15, -0.1) is 11.3 Å². The summed E-state index contributed by atoms with van der Waals surface area (Å²) in [6.07, 6.45) is -3.83. The quantitative estimate of drug-likeness (QED) is 0.777. The molecule has 0 saturated heterocycles. The molecule has 5 nitrogen and oxygen atoms in total. The third-order valence-electron chi connectivity index (χ3n) is 3.12. The molecule has 9 heteroatoms. The summed E-state index contributed by atoms with van der Waals surface area (Å²) in [4.78, 5) is 16.2. The van der Waals surface area contributed by atoms with Crippen molar-refractivity contribution in [3.8, 4) is 5.69 Å². The van der Waals surface area contributed by atoms with E-state index in [0.29, 0.717) is 10.4 Å². The van der Waals surface area contributed by atoms with Crippen LogP contribution in [0.5, 0.6) is 0 Å². The second-order valence-electron chi connectivity index (χ2n) is 4.90. The third kappa shape index (κ3) is 3.16. The van der Waals surface area contributed by atoms with E-state index in [0.717, 1.165) is 17.5 Å². The van der Waals surface area contributed by atoms with E-state index in [-0.39, 0.29) is 10.8 Å². The Labute approximate surface area is 138 Å². The molecule has 3 aromatic rings. The number of alkyl halides is 3. The van der Waals surface area contributed by atoms with Crippen molar-refractivity contribution in [1.29, 1.82) is 0 Å². The van der Waals surface area contributed by atoms with Crippen molar-refractivity contribution in [1.82, 2.24) is 14.8 Å². The number of thiazole rings is 1. The van der Waals surface area contributed by atoms with Crippen molar-refractivity contribution >= 4 is 22.4 Å². The van der Waals surface area contributed by atoms with E-state index < -0.39 is 23.3 Å². The molecule has 0 aliphatic heterocycles. The van der Waals surface area contributed by atoms with Gasteiger partial charge in [0.2, 0.25) is 0 Å². The second-order valence-corrected chi connectivity index (χ2v) is 5.76. The number of rotatable bonds is 3. The molecule has 0 unspecified atom stereocenters. The van der Waals surface area contributed by atoms with Gasteiger partial charge in [0.25, 0.3) is 5.91 Å². The van der Waals surface area contributed by atoms with Gasteiger partial charge in [0, 0.05) is 5.38 Å². The first kappa shape index (κ1) is 16.2. The van der Waals surface area contributed by atoms with Crippen LogP contribution in [0.15, 0.2) is 41.9 Å². The molecular weight excluding hydrogens is 341 g/mol. The van der Waals surface area contributed by atoms with Crippen molar-refractivity contribution in [3.05, 3.63) is 58.9 Å². The number of amides is 1. The molecule has 0 spiro atoms. The fourth-order valence-corrected chi connectivity index (χ4v) is 2.81. The number of benzene rings is 1. The average Bonchev–Trinajstić information content (AvgIpc) is 3.14. The number of hydrogen-bond acceptors (Lipinski definition) is 4. The lowest BCUT2D eigenvalue weighted by Gasteiger charge is -2.12. The zero-order valence-corrected chi connectivity index (χ0v) is 13.1. The number of carbonyl (C=O) groups excluding carboxylic acids is 1. The summed E-state index contributed by atoms with van der Waals surface area (Å²) < 4.78 is 41.1. The van der Waals surface area contributed by atoms with Gasteiger partial charge in [-0.3, -0.25) is 10.1 Å². The summed E-state index contributed by atoms with van der Waals surface area (Å²) >= 11 is 1.14. The van der Waals surface area contributed by atoms with Gasteiger partial charge in [0.05, 0.1) is 23.1 Å². The van der Waals surface area contributed by atoms with Crippen molar-refractivity contribution in [2.75, 3.05) is 5.32 Å². The highest BCUT2D eigenvalue weighted by Gasteiger charge is 2.40. The number of hydrogen-bond donors (Lipinski definition) is 1. The number of nitrogens with zero attached hydrogens (tertiary/aromatic N) is 3. The van der Waals surface area contributed by atoms with Gasteiger partial charge in [-0.05, 0) is 19.1 Å². The lowest BCUT2D eigenvalue weighted by atomic mass is 10.2. The summed E-state index contributed by atoms with van der Waals surface area (Å²) in [6.45, 7) is 1.72. The molecule has 0 aliphatic rings. The van der Waals surface area contributed by atoms with E-state index in [1.807, 2.05) is 0 Å². The smallest absolute Gasteiger partial charge is 0.298 e. The summed E-state index contributed by atoms with van der Waals surface area (Å²) in [5.41, 5.74) is -0.793. The Hall–Kier alpha value is -2.68. The molecule has 2 heterocycles. The van der Waals surface area contributed by atoms with Crippen LogP contribution in [0.25, 0.3) is 5.69 Å². The highest BCUT2D eigenvalue weighted by Crippen LogP contribution is 2.34. The SMILES string of the molecule is Cc1csc(NC(=O)c2cnn(-c3ccccc3)c2C(F)(F)F)n1. The van der Waals surface area contributed by atoms with Crippen LogP contribution in [-0.4, -0.2) is 20.7 Å². The Kier molecular flexibility index (Phi) is 4.10. The first-order valence-electron chi connectivity index (χ1n) is 6.80. The fraction of sp³-hybridized carbons (Fsp3) is 0.133. The van der Waals surface area contributed by atoms with Crippen LogP contribution in [0.4, 0.5) is 18.3 Å². The Bertz CT molecular complexity index is 870. The van der Waals surface area contributed by atoms with Crippen LogP contribution in [0, 0.1) is 6.92 Å². The maximum absolute atomic E-state index is 13.5. The van der Waals surface area contributed by atoms with Gasteiger partial charge in [0.1, 0.15) is 0 Å². The number of aryl methyl sites for hydroxylation is 1. The van der Waals surface area contributed by atoms with Crippen LogP contribution in [0.3, 0.4) is 0 Å². The van der Waals surface area contributed by atoms with Crippen molar-refractivity contribution in [3.63, 3.8) is 0 Å². The maximum Gasteiger partial charge on any atom is 0.434 e. The monoisotopic (exact) mass is 352 g/mol. The summed E-state index contributed by atoms with van der Waals surface area (Å²) in [6, 6.07) is 7.82. The largest absolute Gasteiger partial charge is 0.434 e. The molecule has 0 aliphatic carbocycles. The molecule has 24 heavy (non-hydrogen) atoms. The predicted octanol–water partition coefficient (Wildman–Crippen LogP) is 3.91. The van der Waals surface area contributed by atoms with E-state index >= 15 is 0 Å². The number of aromatic nitrogens is 3. The predicted molar refractivity (Wildman–Crippen MR) is 83.4 cm³/mol. The van der Waals surface area contributed by atoms with Gasteiger partial charge < -0.3 is 0 Å². The normalized spacial score (nSPS) is 11.5. The molecule has 0 fully saturated rings. The Morgan fingerprint density at radius 1 is 1.25 bits per heavy atom. The van der Waals surface area contributed by atoms with E-state index in [1.165, 1.54) is 12.1 Å². The number of carbonyl (C=O) groups is 1. The highest BCUT2D eigenvalue weighted by molar-refractivity contribution is 7.13. The number of nitrogens with one attached hydrogen (secondary N) is 1. The average molecular weight is 352 g/mol. The molecule has 0 atom stereocenters. The standard InChI is InChI=1S/C15H11F3N4OS/c1-9-8-24-14(20-9)21-13(23)11-7-19-22(12(11)15(16,17)18)10-5-3-2-4-6-10/h2-8H,1H3,(H,20,21,23). The maximum atomic E-state index is 13.5. The highest BCUT2D eigenvalue weighted by atomic mass is 32.1. The molecule has 3 rings (SSSR count). The van der Waals surface area contributed by atoms with E-state index in [2.05, 4.69) is 15.4 Å². The first-order valence-corrected chi connectivity index (χ1v) is 7.68. The van der Waals surface area contributed by atoms with E-state index in [4.69, 9.17) is 0 Å². The molecule has 0 bridgehead atoms. The van der Waals surface area contributed by atoms with Crippen LogP contribution < -0.4 is 5.32 Å².